The first-order chi connectivity index (χ1) is 17.5. The number of aliphatic hydroxyl groups is 2. The van der Waals surface area contributed by atoms with Crippen molar-refractivity contribution in [2.75, 3.05) is 6.61 Å². The van der Waals surface area contributed by atoms with Gasteiger partial charge < -0.3 is 34.5 Å². The van der Waals surface area contributed by atoms with Crippen LogP contribution in [0.1, 0.15) is 11.8 Å². The van der Waals surface area contributed by atoms with Crippen LogP contribution in [0.4, 0.5) is 4.39 Å². The lowest BCUT2D eigenvalue weighted by Crippen LogP contribution is -2.43. The van der Waals surface area contributed by atoms with Crippen LogP contribution in [-0.2, 0) is 44.5 Å². The van der Waals surface area contributed by atoms with Gasteiger partial charge in [0.25, 0.3) is 5.56 Å². The molecule has 3 rings (SSSR count). The number of phosphoric ester groups is 1. The normalized spacial score (nSPS) is 25.1. The highest BCUT2D eigenvalue weighted by Crippen LogP contribution is 2.66. The smallest absolute Gasteiger partial charge is 0.387 e. The minimum atomic E-state index is -5.78. The van der Waals surface area contributed by atoms with Gasteiger partial charge in [0, 0.05) is 18.8 Å². The Morgan fingerprint density at radius 3 is 2.16 bits per heavy atom. The molecule has 1 fully saturated rings. The number of hydrogen-bond acceptors (Lipinski definition) is 11. The number of aryl methyl sites for hydroxylation is 1. The highest BCUT2D eigenvalue weighted by atomic mass is 31.3. The Balaban J connectivity index is 1.71. The van der Waals surface area contributed by atoms with Crippen molar-refractivity contribution in [3.05, 3.63) is 68.7 Å². The van der Waals surface area contributed by atoms with E-state index in [9.17, 15) is 47.7 Å². The fourth-order valence-electron chi connectivity index (χ4n) is 3.39. The molecule has 0 saturated carbocycles. The van der Waals surface area contributed by atoms with E-state index in [1.54, 1.807) is 0 Å². The second-order valence-corrected chi connectivity index (χ2v) is 12.2. The van der Waals surface area contributed by atoms with Crippen LogP contribution < -0.4 is 11.2 Å². The van der Waals surface area contributed by atoms with Crippen LogP contribution in [0.25, 0.3) is 0 Å². The molecule has 1 saturated heterocycles. The van der Waals surface area contributed by atoms with E-state index >= 15 is 0 Å². The van der Waals surface area contributed by atoms with E-state index in [2.05, 4.69) is 13.1 Å². The van der Waals surface area contributed by atoms with E-state index < -0.39 is 71.7 Å². The molecule has 17 nitrogen and oxygen atoms in total. The zero-order chi connectivity index (χ0) is 28.5. The topological polar surface area (TPSA) is 254 Å². The molecule has 3 unspecified atom stereocenters. The second-order valence-electron chi connectivity index (χ2n) is 7.80. The number of phosphoric acid groups is 3. The lowest BCUT2D eigenvalue weighted by molar-refractivity contribution is -0.0548. The summed E-state index contributed by atoms with van der Waals surface area (Å²) >= 11 is 0. The Morgan fingerprint density at radius 1 is 0.921 bits per heavy atom. The number of aliphatic hydroxyl groups excluding tert-OH is 2. The molecular weight excluding hydrogens is 584 g/mol. The quantitative estimate of drug-likeness (QED) is 0.174. The SMILES string of the molecule is O=c1ccn([C@@H]2O[C@H](COP(=O)(O)OP(=O)(O)OP(=O)(O)O)[C@H](O)C2O)c(=O)n1CCc1ccc(F)cc1. The van der Waals surface area contributed by atoms with Crippen molar-refractivity contribution in [1.29, 1.82) is 0 Å². The Morgan fingerprint density at radius 2 is 1.55 bits per heavy atom. The lowest BCUT2D eigenvalue weighted by atomic mass is 10.1. The van der Waals surface area contributed by atoms with Crippen molar-refractivity contribution in [3.8, 4) is 0 Å². The van der Waals surface area contributed by atoms with Gasteiger partial charge in [-0.3, -0.25) is 18.5 Å². The van der Waals surface area contributed by atoms with Crippen molar-refractivity contribution >= 4 is 23.5 Å². The van der Waals surface area contributed by atoms with Gasteiger partial charge in [-0.1, -0.05) is 12.1 Å². The Kier molecular flexibility index (Phi) is 9.44. The summed E-state index contributed by atoms with van der Waals surface area (Å²) in [6.45, 7) is -1.22. The van der Waals surface area contributed by atoms with Crippen LogP contribution in [0.5, 0.6) is 0 Å². The standard InChI is InChI=1S/C17H22FN2O15P3/c18-11-3-1-10(2-4-11)5-7-19-13(21)6-8-20(17(19)24)16-15(23)14(22)12(33-16)9-32-37(28,29)35-38(30,31)34-36(25,26)27/h1-4,6,8,12,14-16,22-23H,5,7,9H2,(H,28,29)(H,30,31)(H2,25,26,27)/t12-,14+,15?,16-/m1/s1. The minimum absolute atomic E-state index is 0.134. The molecule has 6 atom stereocenters. The molecule has 2 heterocycles. The molecule has 0 radical (unpaired) electrons. The molecule has 1 aliphatic rings. The molecule has 1 aromatic carbocycles. The zero-order valence-electron chi connectivity index (χ0n) is 18.9. The predicted molar refractivity (Wildman–Crippen MR) is 121 cm³/mol. The van der Waals surface area contributed by atoms with Gasteiger partial charge in [0.05, 0.1) is 6.61 Å². The Labute approximate surface area is 211 Å². The Bertz CT molecular complexity index is 1410. The lowest BCUT2D eigenvalue weighted by Gasteiger charge is -2.19. The van der Waals surface area contributed by atoms with E-state index in [1.165, 1.54) is 24.3 Å². The van der Waals surface area contributed by atoms with Gasteiger partial charge in [-0.15, -0.1) is 0 Å². The maximum Gasteiger partial charge on any atom is 0.490 e. The second kappa shape index (κ2) is 11.7. The monoisotopic (exact) mass is 606 g/mol. The fraction of sp³-hybridized carbons (Fsp3) is 0.412. The third kappa shape index (κ3) is 8.07. The van der Waals surface area contributed by atoms with Gasteiger partial charge in [-0.25, -0.2) is 22.9 Å². The largest absolute Gasteiger partial charge is 0.490 e. The highest BCUT2D eigenvalue weighted by Gasteiger charge is 2.46. The van der Waals surface area contributed by atoms with E-state index in [4.69, 9.17) is 14.5 Å². The van der Waals surface area contributed by atoms with Crippen LogP contribution in [0, 0.1) is 5.82 Å². The molecule has 0 bridgehead atoms. The minimum Gasteiger partial charge on any atom is -0.387 e. The first-order valence-electron chi connectivity index (χ1n) is 10.3. The van der Waals surface area contributed by atoms with Gasteiger partial charge in [0.2, 0.25) is 0 Å². The average Bonchev–Trinajstić information content (AvgIpc) is 3.05. The molecule has 0 amide bonds. The molecule has 21 heteroatoms. The number of nitrogens with zero attached hydrogens (tertiary/aromatic N) is 2. The third-order valence-corrected chi connectivity index (χ3v) is 8.86. The summed E-state index contributed by atoms with van der Waals surface area (Å²) in [5, 5.41) is 20.6. The third-order valence-electron chi connectivity index (χ3n) is 5.06. The summed E-state index contributed by atoms with van der Waals surface area (Å²) in [7, 11) is -16.9. The average molecular weight is 606 g/mol. The van der Waals surface area contributed by atoms with Crippen LogP contribution in [0.3, 0.4) is 0 Å². The predicted octanol–water partition coefficient (Wildman–Crippen LogP) is -0.646. The summed E-state index contributed by atoms with van der Waals surface area (Å²) in [5.41, 5.74) is -1.04. The summed E-state index contributed by atoms with van der Waals surface area (Å²) in [6.07, 6.45) is -5.79. The molecule has 1 aliphatic heterocycles. The molecule has 2 aromatic rings. The van der Waals surface area contributed by atoms with Crippen LogP contribution in [-0.4, -0.2) is 63.8 Å². The van der Waals surface area contributed by atoms with Gasteiger partial charge in [-0.05, 0) is 24.1 Å². The molecule has 212 valence electrons. The number of benzene rings is 1. The van der Waals surface area contributed by atoms with Crippen molar-refractivity contribution in [2.24, 2.45) is 0 Å². The Hall–Kier alpha value is -1.88. The highest BCUT2D eigenvalue weighted by molar-refractivity contribution is 7.66. The molecule has 0 aliphatic carbocycles. The van der Waals surface area contributed by atoms with Gasteiger partial charge in [-0.2, -0.15) is 8.62 Å². The molecule has 1 aromatic heterocycles. The summed E-state index contributed by atoms with van der Waals surface area (Å²) in [6, 6.07) is 6.31. The molecule has 6 N–H and O–H groups in total. The molecule has 0 spiro atoms. The summed E-state index contributed by atoms with van der Waals surface area (Å²) in [5.74, 6) is -0.471. The first-order valence-corrected chi connectivity index (χ1v) is 14.9. The van der Waals surface area contributed by atoms with Crippen molar-refractivity contribution in [1.82, 2.24) is 9.13 Å². The summed E-state index contributed by atoms with van der Waals surface area (Å²) in [4.78, 5) is 61.0. The summed E-state index contributed by atoms with van der Waals surface area (Å²) < 4.78 is 65.5. The van der Waals surface area contributed by atoms with Crippen LogP contribution >= 0.6 is 23.5 Å². The van der Waals surface area contributed by atoms with E-state index in [0.717, 1.165) is 21.4 Å². The maximum atomic E-state index is 13.1. The van der Waals surface area contributed by atoms with E-state index in [0.29, 0.717) is 5.56 Å². The van der Waals surface area contributed by atoms with Crippen molar-refractivity contribution in [3.63, 3.8) is 0 Å². The number of hydrogen-bond donors (Lipinski definition) is 6. The zero-order valence-corrected chi connectivity index (χ0v) is 21.5. The van der Waals surface area contributed by atoms with Gasteiger partial charge in [0.1, 0.15) is 24.1 Å². The van der Waals surface area contributed by atoms with E-state index in [1.807, 2.05) is 0 Å². The van der Waals surface area contributed by atoms with Gasteiger partial charge in [0.15, 0.2) is 6.23 Å². The maximum absolute atomic E-state index is 13.1. The van der Waals surface area contributed by atoms with Crippen molar-refractivity contribution in [2.45, 2.75) is 37.5 Å². The molecular formula is C17H22FN2O15P3. The van der Waals surface area contributed by atoms with Crippen LogP contribution in [0.2, 0.25) is 0 Å². The number of aromatic nitrogens is 2. The first kappa shape index (κ1) is 30.7. The van der Waals surface area contributed by atoms with Crippen LogP contribution in [0.15, 0.2) is 46.1 Å². The van der Waals surface area contributed by atoms with Crippen molar-refractivity contribution < 1.29 is 65.8 Å². The number of rotatable bonds is 11. The number of ether oxygens (including phenoxy) is 1. The van der Waals surface area contributed by atoms with Gasteiger partial charge >= 0.3 is 29.2 Å². The number of halogens is 1. The molecule has 38 heavy (non-hydrogen) atoms. The fourth-order valence-corrected chi connectivity index (χ4v) is 6.42. The van der Waals surface area contributed by atoms with E-state index in [-0.39, 0.29) is 13.0 Å².